The van der Waals surface area contributed by atoms with E-state index >= 15 is 0 Å². The van der Waals surface area contributed by atoms with Gasteiger partial charge < -0.3 is 25.7 Å². The number of hydrogen-bond donors (Lipinski definition) is 5. The molecule has 2 unspecified atom stereocenters. The van der Waals surface area contributed by atoms with Gasteiger partial charge in [-0.05, 0) is 49.6 Å². The van der Waals surface area contributed by atoms with Gasteiger partial charge in [0.15, 0.2) is 12.2 Å². The third-order valence-corrected chi connectivity index (χ3v) is 5.83. The van der Waals surface area contributed by atoms with Crippen LogP contribution in [-0.4, -0.2) is 74.6 Å². The summed E-state index contributed by atoms with van der Waals surface area (Å²) in [5, 5.41) is 37.5. The van der Waals surface area contributed by atoms with Crippen LogP contribution >= 0.6 is 23.2 Å². The number of nitrogens with zero attached hydrogens (tertiary/aromatic N) is 1. The second-order valence-electron chi connectivity index (χ2n) is 7.60. The van der Waals surface area contributed by atoms with Gasteiger partial charge in [-0.3, -0.25) is 4.90 Å². The third kappa shape index (κ3) is 7.37. The van der Waals surface area contributed by atoms with E-state index in [9.17, 15) is 9.59 Å². The summed E-state index contributed by atoms with van der Waals surface area (Å²) in [6.07, 6.45) is 2.14. The van der Waals surface area contributed by atoms with Crippen LogP contribution in [0.2, 0.25) is 10.0 Å². The normalized spacial score (nSPS) is 21.2. The van der Waals surface area contributed by atoms with Gasteiger partial charge in [0.05, 0.1) is 0 Å². The SMILES string of the molecule is Clc1cc(Cl)cc(CN(C2CCCC2)[C@H]2CCNC2)c1.O=C(O)C(O)C(O)C(=O)O. The van der Waals surface area contributed by atoms with Gasteiger partial charge in [-0.15, -0.1) is 0 Å². The van der Waals surface area contributed by atoms with Crippen LogP contribution < -0.4 is 5.32 Å². The molecule has 0 amide bonds. The zero-order valence-corrected chi connectivity index (χ0v) is 18.0. The van der Waals surface area contributed by atoms with Crippen LogP contribution in [0.5, 0.6) is 0 Å². The number of nitrogens with one attached hydrogen (secondary N) is 1. The quantitative estimate of drug-likeness (QED) is 0.415. The van der Waals surface area contributed by atoms with Crippen molar-refractivity contribution in [2.75, 3.05) is 13.1 Å². The minimum atomic E-state index is -2.27. The Morgan fingerprint density at radius 3 is 1.93 bits per heavy atom. The minimum absolute atomic E-state index is 0.663. The first-order chi connectivity index (χ1) is 14.2. The topological polar surface area (TPSA) is 130 Å². The molecule has 2 fully saturated rings. The highest BCUT2D eigenvalue weighted by Gasteiger charge is 2.31. The molecule has 8 nitrogen and oxygen atoms in total. The number of halogens is 2. The van der Waals surface area contributed by atoms with Gasteiger partial charge in [-0.1, -0.05) is 36.0 Å². The van der Waals surface area contributed by atoms with Crippen molar-refractivity contribution in [3.63, 3.8) is 0 Å². The van der Waals surface area contributed by atoms with Crippen molar-refractivity contribution in [3.05, 3.63) is 33.8 Å². The molecule has 2 aliphatic rings. The Morgan fingerprint density at radius 1 is 0.967 bits per heavy atom. The smallest absolute Gasteiger partial charge is 0.335 e. The lowest BCUT2D eigenvalue weighted by atomic mass is 10.1. The average Bonchev–Trinajstić information content (AvgIpc) is 3.38. The monoisotopic (exact) mass is 462 g/mol. The Hall–Kier alpha value is -1.42. The molecule has 1 saturated heterocycles. The fourth-order valence-electron chi connectivity index (χ4n) is 3.90. The highest BCUT2D eigenvalue weighted by Crippen LogP contribution is 2.29. The number of carboxylic acid groups (broad SMARTS) is 2. The Labute approximate surface area is 185 Å². The molecular formula is C20H28Cl2N2O6. The van der Waals surface area contributed by atoms with E-state index in [0.717, 1.165) is 35.7 Å². The molecule has 30 heavy (non-hydrogen) atoms. The van der Waals surface area contributed by atoms with E-state index in [1.165, 1.54) is 37.7 Å². The number of carboxylic acids is 2. The lowest BCUT2D eigenvalue weighted by Crippen LogP contribution is -2.42. The predicted octanol–water partition coefficient (Wildman–Crippen LogP) is 1.98. The lowest BCUT2D eigenvalue weighted by molar-refractivity contribution is -0.165. The maximum atomic E-state index is 9.77. The average molecular weight is 463 g/mol. The van der Waals surface area contributed by atoms with Gasteiger partial charge in [0.25, 0.3) is 0 Å². The van der Waals surface area contributed by atoms with Gasteiger partial charge in [-0.25, -0.2) is 9.59 Å². The second kappa shape index (κ2) is 11.8. The molecule has 0 aromatic heterocycles. The van der Waals surface area contributed by atoms with Crippen LogP contribution in [-0.2, 0) is 16.1 Å². The van der Waals surface area contributed by atoms with Crippen LogP contribution in [0.1, 0.15) is 37.7 Å². The van der Waals surface area contributed by atoms with Crippen LogP contribution in [0.4, 0.5) is 0 Å². The molecule has 0 bridgehead atoms. The molecule has 0 spiro atoms. The van der Waals surface area contributed by atoms with Crippen LogP contribution in [0.15, 0.2) is 18.2 Å². The fourth-order valence-corrected chi connectivity index (χ4v) is 4.47. The third-order valence-electron chi connectivity index (χ3n) is 5.39. The van der Waals surface area contributed by atoms with Crippen LogP contribution in [0.25, 0.3) is 0 Å². The molecule has 10 heteroatoms. The van der Waals surface area contributed by atoms with Crippen LogP contribution in [0, 0.1) is 0 Å². The zero-order valence-electron chi connectivity index (χ0n) is 16.5. The fraction of sp³-hybridized carbons (Fsp3) is 0.600. The summed E-state index contributed by atoms with van der Waals surface area (Å²) < 4.78 is 0. The summed E-state index contributed by atoms with van der Waals surface area (Å²) >= 11 is 12.3. The predicted molar refractivity (Wildman–Crippen MR) is 113 cm³/mol. The number of rotatable bonds is 7. The maximum absolute atomic E-state index is 9.77. The number of hydrogen-bond acceptors (Lipinski definition) is 6. The maximum Gasteiger partial charge on any atom is 0.335 e. The largest absolute Gasteiger partial charge is 0.479 e. The zero-order chi connectivity index (χ0) is 22.3. The number of carbonyl (C=O) groups is 2. The van der Waals surface area contributed by atoms with E-state index in [2.05, 4.69) is 22.3 Å². The molecule has 1 aliphatic carbocycles. The molecule has 1 aliphatic heterocycles. The summed E-state index contributed by atoms with van der Waals surface area (Å²) in [7, 11) is 0. The van der Waals surface area contributed by atoms with Crippen molar-refractivity contribution in [2.24, 2.45) is 0 Å². The highest BCUT2D eigenvalue weighted by atomic mass is 35.5. The molecule has 3 atom stereocenters. The van der Waals surface area contributed by atoms with E-state index in [0.29, 0.717) is 6.04 Å². The first kappa shape index (κ1) is 24.8. The van der Waals surface area contributed by atoms with E-state index in [-0.39, 0.29) is 0 Å². The molecule has 3 rings (SSSR count). The Kier molecular flexibility index (Phi) is 9.80. The van der Waals surface area contributed by atoms with Crippen molar-refractivity contribution in [1.29, 1.82) is 0 Å². The van der Waals surface area contributed by atoms with Crippen molar-refractivity contribution in [3.8, 4) is 0 Å². The molecular weight excluding hydrogens is 435 g/mol. The highest BCUT2D eigenvalue weighted by molar-refractivity contribution is 6.34. The van der Waals surface area contributed by atoms with E-state index < -0.39 is 24.1 Å². The molecule has 168 valence electrons. The number of benzene rings is 1. The minimum Gasteiger partial charge on any atom is -0.479 e. The molecule has 1 aromatic carbocycles. The Morgan fingerprint density at radius 2 is 1.50 bits per heavy atom. The van der Waals surface area contributed by atoms with E-state index in [1.54, 1.807) is 0 Å². The number of aliphatic hydroxyl groups is 2. The summed E-state index contributed by atoms with van der Waals surface area (Å²) in [6.45, 7) is 3.23. The van der Waals surface area contributed by atoms with Gasteiger partial charge in [0.1, 0.15) is 0 Å². The van der Waals surface area contributed by atoms with Crippen molar-refractivity contribution in [1.82, 2.24) is 10.2 Å². The first-order valence-corrected chi connectivity index (χ1v) is 10.7. The van der Waals surface area contributed by atoms with E-state index in [1.807, 2.05) is 6.07 Å². The van der Waals surface area contributed by atoms with E-state index in [4.69, 9.17) is 43.6 Å². The van der Waals surface area contributed by atoms with Crippen molar-refractivity contribution in [2.45, 2.75) is 62.9 Å². The summed E-state index contributed by atoms with van der Waals surface area (Å²) in [5.74, 6) is -3.54. The number of aliphatic hydroxyl groups excluding tert-OH is 2. The van der Waals surface area contributed by atoms with Crippen LogP contribution in [0.3, 0.4) is 0 Å². The lowest BCUT2D eigenvalue weighted by Gasteiger charge is -2.34. The number of aliphatic carboxylic acids is 2. The molecule has 1 aromatic rings. The van der Waals surface area contributed by atoms with Gasteiger partial charge in [0.2, 0.25) is 0 Å². The first-order valence-electron chi connectivity index (χ1n) is 9.92. The summed E-state index contributed by atoms with van der Waals surface area (Å²) in [6, 6.07) is 7.31. The van der Waals surface area contributed by atoms with Gasteiger partial charge >= 0.3 is 11.9 Å². The molecule has 0 radical (unpaired) electrons. The Balaban J connectivity index is 0.000000274. The molecule has 5 N–H and O–H groups in total. The van der Waals surface area contributed by atoms with Gasteiger partial charge in [-0.2, -0.15) is 0 Å². The van der Waals surface area contributed by atoms with Gasteiger partial charge in [0, 0.05) is 35.2 Å². The van der Waals surface area contributed by atoms with Crippen molar-refractivity contribution >= 4 is 35.1 Å². The standard InChI is InChI=1S/C16H22Cl2N2.C4H6O6/c17-13-7-12(8-14(18)9-13)11-20(15-3-1-2-4-15)16-5-6-19-10-16;5-1(3(7)8)2(6)4(9)10/h7-9,15-16,19H,1-6,10-11H2;1-2,5-6H,(H,7,8)(H,9,10)/t16-;/m0./s1. The van der Waals surface area contributed by atoms with Crippen molar-refractivity contribution < 1.29 is 30.0 Å². The molecule has 1 heterocycles. The summed E-state index contributed by atoms with van der Waals surface area (Å²) in [5.41, 5.74) is 1.24. The molecule has 1 saturated carbocycles. The summed E-state index contributed by atoms with van der Waals surface area (Å²) in [4.78, 5) is 22.2. The second-order valence-corrected chi connectivity index (χ2v) is 8.47. The Bertz CT molecular complexity index is 669.